The molecule has 0 saturated carbocycles. The van der Waals surface area contributed by atoms with Gasteiger partial charge in [0, 0.05) is 6.42 Å². The summed E-state index contributed by atoms with van der Waals surface area (Å²) < 4.78 is 10.5. The van der Waals surface area contributed by atoms with Crippen molar-refractivity contribution in [1.82, 2.24) is 0 Å². The van der Waals surface area contributed by atoms with Crippen LogP contribution in [0, 0.1) is 11.3 Å². The molecule has 1 heterocycles. The number of nitrogens with zero attached hydrogens (tertiary/aromatic N) is 1. The molecule has 0 saturated heterocycles. The number of carbonyl (C=O) groups excluding carboxylic acids is 1. The second kappa shape index (κ2) is 4.46. The maximum Gasteiger partial charge on any atom is 0.365 e. The van der Waals surface area contributed by atoms with Crippen molar-refractivity contribution in [3.8, 4) is 11.8 Å². The van der Waals surface area contributed by atoms with Gasteiger partial charge >= 0.3 is 5.97 Å². The lowest BCUT2D eigenvalue weighted by molar-refractivity contribution is -0.158. The lowest BCUT2D eigenvalue weighted by Gasteiger charge is -2.30. The minimum absolute atomic E-state index is 0.243. The summed E-state index contributed by atoms with van der Waals surface area (Å²) in [5, 5.41) is 9.19. The van der Waals surface area contributed by atoms with E-state index in [0.717, 1.165) is 5.56 Å². The third kappa shape index (κ3) is 1.96. The Labute approximate surface area is 99.8 Å². The third-order valence-electron chi connectivity index (χ3n) is 2.79. The molecule has 0 aromatic heterocycles. The summed E-state index contributed by atoms with van der Waals surface area (Å²) >= 11 is 0. The van der Waals surface area contributed by atoms with Crippen LogP contribution in [0.2, 0.25) is 0 Å². The fourth-order valence-corrected chi connectivity index (χ4v) is 1.88. The van der Waals surface area contributed by atoms with Gasteiger partial charge in [0.15, 0.2) is 0 Å². The van der Waals surface area contributed by atoms with Crippen molar-refractivity contribution in [2.45, 2.75) is 25.4 Å². The van der Waals surface area contributed by atoms with Gasteiger partial charge in [0.05, 0.1) is 6.61 Å². The Bertz CT molecular complexity index is 478. The summed E-state index contributed by atoms with van der Waals surface area (Å²) in [6, 6.07) is 9.37. The van der Waals surface area contributed by atoms with Crippen molar-refractivity contribution in [2.75, 3.05) is 6.61 Å². The minimum Gasteiger partial charge on any atom is -0.462 e. The van der Waals surface area contributed by atoms with Gasteiger partial charge in [-0.2, -0.15) is 5.26 Å². The lowest BCUT2D eigenvalue weighted by atomic mass is 9.92. The summed E-state index contributed by atoms with van der Waals surface area (Å²) in [7, 11) is 0. The van der Waals surface area contributed by atoms with Gasteiger partial charge in [0.2, 0.25) is 0 Å². The van der Waals surface area contributed by atoms with Crippen LogP contribution in [-0.4, -0.2) is 18.2 Å². The molecule has 1 aromatic rings. The molecule has 1 aromatic carbocycles. The summed E-state index contributed by atoms with van der Waals surface area (Å²) in [4.78, 5) is 11.8. The van der Waals surface area contributed by atoms with E-state index < -0.39 is 11.6 Å². The molecular weight excluding hydrogens is 218 g/mol. The predicted octanol–water partition coefficient (Wildman–Crippen LogP) is 1.84. The zero-order valence-electron chi connectivity index (χ0n) is 9.60. The van der Waals surface area contributed by atoms with Crippen molar-refractivity contribution < 1.29 is 14.3 Å². The topological polar surface area (TPSA) is 59.3 Å². The number of esters is 1. The van der Waals surface area contributed by atoms with Crippen LogP contribution >= 0.6 is 0 Å². The SMILES string of the molecule is CCOC(=O)C1(C#N)CCc2ccccc2O1. The summed E-state index contributed by atoms with van der Waals surface area (Å²) in [6.45, 7) is 1.95. The van der Waals surface area contributed by atoms with Crippen LogP contribution < -0.4 is 4.74 Å². The van der Waals surface area contributed by atoms with E-state index in [1.807, 2.05) is 24.3 Å². The van der Waals surface area contributed by atoms with Gasteiger partial charge in [-0.1, -0.05) is 18.2 Å². The first-order chi connectivity index (χ1) is 8.22. The van der Waals surface area contributed by atoms with Crippen molar-refractivity contribution in [3.05, 3.63) is 29.8 Å². The van der Waals surface area contributed by atoms with E-state index in [4.69, 9.17) is 9.47 Å². The van der Waals surface area contributed by atoms with Crippen LogP contribution in [0.5, 0.6) is 5.75 Å². The molecule has 0 aliphatic carbocycles. The van der Waals surface area contributed by atoms with E-state index in [1.54, 1.807) is 13.0 Å². The zero-order chi connectivity index (χ0) is 12.3. The second-order valence-electron chi connectivity index (χ2n) is 3.87. The Balaban J connectivity index is 2.30. The fraction of sp³-hybridized carbons (Fsp3) is 0.385. The number of fused-ring (bicyclic) bond motifs is 1. The molecule has 4 nitrogen and oxygen atoms in total. The highest BCUT2D eigenvalue weighted by Gasteiger charge is 2.45. The molecule has 1 aliphatic heterocycles. The molecule has 0 amide bonds. The number of carbonyl (C=O) groups is 1. The predicted molar refractivity (Wildman–Crippen MR) is 60.4 cm³/mol. The van der Waals surface area contributed by atoms with Crippen LogP contribution in [0.15, 0.2) is 24.3 Å². The molecule has 1 aliphatic rings. The van der Waals surface area contributed by atoms with Gasteiger partial charge < -0.3 is 9.47 Å². The second-order valence-corrected chi connectivity index (χ2v) is 3.87. The van der Waals surface area contributed by atoms with Crippen LogP contribution in [-0.2, 0) is 16.0 Å². The van der Waals surface area contributed by atoms with Crippen molar-refractivity contribution in [3.63, 3.8) is 0 Å². The number of benzene rings is 1. The van der Waals surface area contributed by atoms with E-state index in [2.05, 4.69) is 0 Å². The number of hydrogen-bond acceptors (Lipinski definition) is 4. The smallest absolute Gasteiger partial charge is 0.365 e. The van der Waals surface area contributed by atoms with Gasteiger partial charge in [0.1, 0.15) is 11.8 Å². The number of ether oxygens (including phenoxy) is 2. The number of rotatable bonds is 2. The third-order valence-corrected chi connectivity index (χ3v) is 2.79. The van der Waals surface area contributed by atoms with E-state index >= 15 is 0 Å². The monoisotopic (exact) mass is 231 g/mol. The molecule has 0 fully saturated rings. The summed E-state index contributed by atoms with van der Waals surface area (Å²) in [5.41, 5.74) is -0.465. The summed E-state index contributed by atoms with van der Waals surface area (Å²) in [6.07, 6.45) is 0.974. The normalized spacial score (nSPS) is 21.9. The maximum absolute atomic E-state index is 11.8. The van der Waals surface area contributed by atoms with Crippen molar-refractivity contribution in [2.24, 2.45) is 0 Å². The molecular formula is C13H13NO3. The van der Waals surface area contributed by atoms with Gasteiger partial charge in [0.25, 0.3) is 5.60 Å². The molecule has 0 N–H and O–H groups in total. The standard InChI is InChI=1S/C13H13NO3/c1-2-16-12(15)13(9-14)8-7-10-5-3-4-6-11(10)17-13/h3-6H,2,7-8H2,1H3. The molecule has 2 rings (SSSR count). The first-order valence-corrected chi connectivity index (χ1v) is 5.57. The van der Waals surface area contributed by atoms with E-state index in [0.29, 0.717) is 18.6 Å². The van der Waals surface area contributed by atoms with E-state index in [-0.39, 0.29) is 6.61 Å². The Kier molecular flexibility index (Phi) is 3.01. The summed E-state index contributed by atoms with van der Waals surface area (Å²) in [5.74, 6) is -0.00893. The van der Waals surface area contributed by atoms with Crippen LogP contribution in [0.4, 0.5) is 0 Å². The van der Waals surface area contributed by atoms with E-state index in [9.17, 15) is 10.1 Å². The average molecular weight is 231 g/mol. The number of nitriles is 1. The molecule has 88 valence electrons. The fourth-order valence-electron chi connectivity index (χ4n) is 1.88. The van der Waals surface area contributed by atoms with Gasteiger partial charge in [-0.25, -0.2) is 4.79 Å². The van der Waals surface area contributed by atoms with Crippen LogP contribution in [0.3, 0.4) is 0 Å². The van der Waals surface area contributed by atoms with Crippen LogP contribution in [0.1, 0.15) is 18.9 Å². The van der Waals surface area contributed by atoms with Gasteiger partial charge in [-0.15, -0.1) is 0 Å². The molecule has 1 unspecified atom stereocenters. The van der Waals surface area contributed by atoms with Crippen molar-refractivity contribution >= 4 is 5.97 Å². The molecule has 0 spiro atoms. The highest BCUT2D eigenvalue weighted by Crippen LogP contribution is 2.33. The largest absolute Gasteiger partial charge is 0.462 e. The van der Waals surface area contributed by atoms with E-state index in [1.165, 1.54) is 0 Å². The quantitative estimate of drug-likeness (QED) is 0.729. The van der Waals surface area contributed by atoms with Crippen LogP contribution in [0.25, 0.3) is 0 Å². The highest BCUT2D eigenvalue weighted by atomic mass is 16.6. The molecule has 0 bridgehead atoms. The number of para-hydroxylation sites is 1. The minimum atomic E-state index is -1.48. The maximum atomic E-state index is 11.8. The van der Waals surface area contributed by atoms with Crippen molar-refractivity contribution in [1.29, 1.82) is 5.26 Å². The molecule has 17 heavy (non-hydrogen) atoms. The Morgan fingerprint density at radius 3 is 3.06 bits per heavy atom. The average Bonchev–Trinajstić information content (AvgIpc) is 2.38. The Morgan fingerprint density at radius 2 is 2.35 bits per heavy atom. The first-order valence-electron chi connectivity index (χ1n) is 5.57. The Hall–Kier alpha value is -2.02. The zero-order valence-corrected chi connectivity index (χ0v) is 9.60. The number of hydrogen-bond donors (Lipinski definition) is 0. The highest BCUT2D eigenvalue weighted by molar-refractivity contribution is 5.84. The molecule has 4 heteroatoms. The van der Waals surface area contributed by atoms with Gasteiger partial charge in [-0.05, 0) is 25.0 Å². The van der Waals surface area contributed by atoms with Gasteiger partial charge in [-0.3, -0.25) is 0 Å². The molecule has 0 radical (unpaired) electrons. The lowest BCUT2D eigenvalue weighted by Crippen LogP contribution is -2.47. The first kappa shape index (κ1) is 11.5. The Morgan fingerprint density at radius 1 is 1.59 bits per heavy atom. The molecule has 1 atom stereocenters. The number of aryl methyl sites for hydroxylation is 1.